The highest BCUT2D eigenvalue weighted by Crippen LogP contribution is 2.31. The Bertz CT molecular complexity index is 1710. The predicted octanol–water partition coefficient (Wildman–Crippen LogP) is 11.1. The maximum atomic E-state index is 13.4. The van der Waals surface area contributed by atoms with Gasteiger partial charge < -0.3 is 19.3 Å². The minimum Gasteiger partial charge on any atom is -0.494 e. The molecule has 0 spiro atoms. The van der Waals surface area contributed by atoms with E-state index in [1.165, 1.54) is 80.0 Å². The fourth-order valence-corrected chi connectivity index (χ4v) is 8.42. The predicted molar refractivity (Wildman–Crippen MR) is 227 cm³/mol. The van der Waals surface area contributed by atoms with Crippen LogP contribution in [0.4, 0.5) is 10.5 Å². The minimum absolute atomic E-state index is 0.112. The molecule has 2 aromatic heterocycles. The maximum Gasteiger partial charge on any atom is 0.411 e. The van der Waals surface area contributed by atoms with Gasteiger partial charge >= 0.3 is 6.09 Å². The van der Waals surface area contributed by atoms with Crippen molar-refractivity contribution in [3.63, 3.8) is 0 Å². The van der Waals surface area contributed by atoms with Crippen molar-refractivity contribution in [2.45, 2.75) is 123 Å². The maximum absolute atomic E-state index is 13.4. The SMILES string of the molecule is CCCCCCCCCN(CCCCCCCCC)C(=O)OCn1c(=O)ccc2ccc(OCCCCN3CCN(c4cccc5sccc45)CC3)cc21. The van der Waals surface area contributed by atoms with E-state index in [4.69, 9.17) is 9.47 Å². The molecule has 9 heteroatoms. The molecule has 0 unspecified atom stereocenters. The summed E-state index contributed by atoms with van der Waals surface area (Å²) in [7, 11) is 0. The second-order valence-corrected chi connectivity index (χ2v) is 16.0. The van der Waals surface area contributed by atoms with Crippen molar-refractivity contribution in [2.75, 3.05) is 57.3 Å². The largest absolute Gasteiger partial charge is 0.494 e. The molecule has 2 aromatic carbocycles. The molecule has 1 saturated heterocycles. The average molecular weight is 759 g/mol. The summed E-state index contributed by atoms with van der Waals surface area (Å²) in [6.07, 6.45) is 18.5. The first kappa shape index (κ1) is 41.6. The van der Waals surface area contributed by atoms with Gasteiger partial charge in [0.25, 0.3) is 5.56 Å². The number of aromatic nitrogens is 1. The van der Waals surface area contributed by atoms with Gasteiger partial charge in [-0.25, -0.2) is 4.79 Å². The first-order valence-corrected chi connectivity index (χ1v) is 22.1. The number of hydrogen-bond donors (Lipinski definition) is 0. The summed E-state index contributed by atoms with van der Waals surface area (Å²) in [4.78, 5) is 33.5. The Morgan fingerprint density at radius 1 is 0.741 bits per heavy atom. The number of ether oxygens (including phenoxy) is 2. The van der Waals surface area contributed by atoms with Gasteiger partial charge in [0, 0.05) is 67.2 Å². The summed E-state index contributed by atoms with van der Waals surface area (Å²) in [6, 6.07) is 18.1. The summed E-state index contributed by atoms with van der Waals surface area (Å²) in [5.74, 6) is 0.726. The van der Waals surface area contributed by atoms with Crippen molar-refractivity contribution in [2.24, 2.45) is 0 Å². The highest BCUT2D eigenvalue weighted by Gasteiger charge is 2.19. The van der Waals surface area contributed by atoms with E-state index >= 15 is 0 Å². The lowest BCUT2D eigenvalue weighted by molar-refractivity contribution is 0.0748. The Kier molecular flexibility index (Phi) is 18.0. The fraction of sp³-hybridized carbons (Fsp3) is 0.600. The van der Waals surface area contributed by atoms with Crippen molar-refractivity contribution in [3.8, 4) is 5.75 Å². The monoisotopic (exact) mass is 758 g/mol. The van der Waals surface area contributed by atoms with Crippen LogP contribution in [0.5, 0.6) is 5.75 Å². The molecule has 3 heterocycles. The number of pyridine rings is 1. The Morgan fingerprint density at radius 2 is 1.41 bits per heavy atom. The molecule has 4 aromatic rings. The van der Waals surface area contributed by atoms with Crippen molar-refractivity contribution < 1.29 is 14.3 Å². The van der Waals surface area contributed by atoms with Gasteiger partial charge in [-0.3, -0.25) is 14.3 Å². The van der Waals surface area contributed by atoms with E-state index < -0.39 is 0 Å². The van der Waals surface area contributed by atoms with Crippen molar-refractivity contribution >= 4 is 44.1 Å². The zero-order valence-electron chi connectivity index (χ0n) is 33.3. The third-order valence-corrected chi connectivity index (χ3v) is 11.8. The number of rotatable bonds is 25. The van der Waals surface area contributed by atoms with Crippen LogP contribution in [0.1, 0.15) is 117 Å². The number of carbonyl (C=O) groups is 1. The molecule has 0 saturated carbocycles. The number of hydrogen-bond acceptors (Lipinski definition) is 7. The number of fused-ring (bicyclic) bond motifs is 2. The quantitative estimate of drug-likeness (QED) is 0.0627. The summed E-state index contributed by atoms with van der Waals surface area (Å²) in [5, 5.41) is 4.47. The molecule has 0 atom stereocenters. The van der Waals surface area contributed by atoms with Gasteiger partial charge in [0.1, 0.15) is 5.75 Å². The summed E-state index contributed by atoms with van der Waals surface area (Å²) >= 11 is 1.81. The third-order valence-electron chi connectivity index (χ3n) is 10.9. The molecule has 0 radical (unpaired) electrons. The lowest BCUT2D eigenvalue weighted by Gasteiger charge is -2.36. The van der Waals surface area contributed by atoms with Crippen LogP contribution in [0, 0.1) is 0 Å². The summed E-state index contributed by atoms with van der Waals surface area (Å²) in [5.41, 5.74) is 1.89. The molecule has 1 fully saturated rings. The first-order chi connectivity index (χ1) is 26.6. The smallest absolute Gasteiger partial charge is 0.411 e. The van der Waals surface area contributed by atoms with Crippen molar-refractivity contribution in [1.82, 2.24) is 14.4 Å². The van der Waals surface area contributed by atoms with E-state index in [9.17, 15) is 9.59 Å². The van der Waals surface area contributed by atoms with Crippen LogP contribution in [0.15, 0.2) is 64.8 Å². The van der Waals surface area contributed by atoms with Crippen LogP contribution in [0.25, 0.3) is 21.0 Å². The zero-order chi connectivity index (χ0) is 37.8. The van der Waals surface area contributed by atoms with Crippen LogP contribution in [-0.4, -0.2) is 72.9 Å². The van der Waals surface area contributed by atoms with Crippen molar-refractivity contribution in [3.05, 3.63) is 70.3 Å². The van der Waals surface area contributed by atoms with Gasteiger partial charge in [-0.15, -0.1) is 11.3 Å². The Labute approximate surface area is 328 Å². The molecule has 1 aliphatic heterocycles. The first-order valence-electron chi connectivity index (χ1n) is 21.2. The molecule has 0 bridgehead atoms. The van der Waals surface area contributed by atoms with E-state index in [2.05, 4.69) is 53.3 Å². The number of amides is 1. The second kappa shape index (κ2) is 23.4. The molecule has 0 N–H and O–H groups in total. The Balaban J connectivity index is 1.07. The van der Waals surface area contributed by atoms with E-state index in [0.717, 1.165) is 87.9 Å². The highest BCUT2D eigenvalue weighted by molar-refractivity contribution is 7.17. The number of thiophene rings is 1. The van der Waals surface area contributed by atoms with Crippen LogP contribution >= 0.6 is 11.3 Å². The average Bonchev–Trinajstić information content (AvgIpc) is 3.68. The number of benzene rings is 2. The van der Waals surface area contributed by atoms with E-state index in [0.29, 0.717) is 19.7 Å². The standard InChI is InChI=1S/C45H66N4O4S/c1-3-5-7-9-11-13-15-28-48(29-16-14-12-10-8-6-4-2)45(51)53-37-49-42-36-39(24-22-38(42)23-25-44(49)50)52-34-18-17-27-46-30-32-47(33-31-46)41-20-19-21-43-40(41)26-35-54-43/h19-26,35-36H,3-18,27-34,37H2,1-2H3. The summed E-state index contributed by atoms with van der Waals surface area (Å²) in [6.45, 7) is 11.7. The number of carbonyl (C=O) groups excluding carboxylic acids is 1. The molecule has 0 aliphatic carbocycles. The van der Waals surface area contributed by atoms with Crippen LogP contribution < -0.4 is 15.2 Å². The molecule has 5 rings (SSSR count). The number of piperazine rings is 1. The molecule has 8 nitrogen and oxygen atoms in total. The highest BCUT2D eigenvalue weighted by atomic mass is 32.1. The van der Waals surface area contributed by atoms with E-state index in [1.807, 2.05) is 40.5 Å². The van der Waals surface area contributed by atoms with Gasteiger partial charge in [0.15, 0.2) is 6.73 Å². The lowest BCUT2D eigenvalue weighted by atomic mass is 10.1. The van der Waals surface area contributed by atoms with Gasteiger partial charge in [0.2, 0.25) is 0 Å². The molecular formula is C45H66N4O4S. The number of anilines is 1. The van der Waals surface area contributed by atoms with Crippen LogP contribution in [0.2, 0.25) is 0 Å². The van der Waals surface area contributed by atoms with E-state index in [1.54, 1.807) is 10.6 Å². The zero-order valence-corrected chi connectivity index (χ0v) is 34.1. The van der Waals surface area contributed by atoms with Crippen LogP contribution in [-0.2, 0) is 11.5 Å². The summed E-state index contributed by atoms with van der Waals surface area (Å²) < 4.78 is 15.0. The Morgan fingerprint density at radius 3 is 2.11 bits per heavy atom. The van der Waals surface area contributed by atoms with Gasteiger partial charge in [-0.1, -0.05) is 97.0 Å². The second-order valence-electron chi connectivity index (χ2n) is 15.1. The van der Waals surface area contributed by atoms with Gasteiger partial charge in [0.05, 0.1) is 12.1 Å². The lowest BCUT2D eigenvalue weighted by Crippen LogP contribution is -2.46. The molecular weight excluding hydrogens is 693 g/mol. The molecule has 54 heavy (non-hydrogen) atoms. The van der Waals surface area contributed by atoms with Gasteiger partial charge in [-0.2, -0.15) is 0 Å². The van der Waals surface area contributed by atoms with Crippen molar-refractivity contribution in [1.29, 1.82) is 0 Å². The molecule has 1 amide bonds. The Hall–Kier alpha value is -3.56. The van der Waals surface area contributed by atoms with E-state index in [-0.39, 0.29) is 18.4 Å². The molecule has 296 valence electrons. The molecule has 1 aliphatic rings. The topological polar surface area (TPSA) is 67.2 Å². The third kappa shape index (κ3) is 13.0. The van der Waals surface area contributed by atoms with Gasteiger partial charge in [-0.05, 0) is 79.4 Å². The van der Waals surface area contributed by atoms with Crippen LogP contribution in [0.3, 0.4) is 0 Å². The fourth-order valence-electron chi connectivity index (χ4n) is 7.61. The number of nitrogens with zero attached hydrogens (tertiary/aromatic N) is 4. The number of unbranched alkanes of at least 4 members (excludes halogenated alkanes) is 13. The minimum atomic E-state index is -0.329. The normalized spacial score (nSPS) is 13.6.